The first-order valence-corrected chi connectivity index (χ1v) is 5.39. The van der Waals surface area contributed by atoms with Crippen molar-refractivity contribution in [1.29, 1.82) is 0 Å². The second-order valence-corrected chi connectivity index (χ2v) is 4.78. The molecule has 2 heterocycles. The van der Waals surface area contributed by atoms with Gasteiger partial charge in [-0.05, 0) is 46.2 Å². The molecule has 0 aliphatic rings. The molecule has 2 rings (SSSR count). The van der Waals surface area contributed by atoms with Crippen LogP contribution in [0.2, 0.25) is 0 Å². The standard InChI is InChI=1S/C5H5N.C4H3IS/c1-2-4-6-5-3-1;5-4-2-1-3-6-4/h1-5H;1-3H. The van der Waals surface area contributed by atoms with E-state index in [0.717, 1.165) is 0 Å². The molecule has 0 saturated carbocycles. The zero-order valence-electron chi connectivity index (χ0n) is 6.35. The van der Waals surface area contributed by atoms with E-state index in [1.165, 1.54) is 2.88 Å². The van der Waals surface area contributed by atoms with Crippen molar-refractivity contribution in [2.45, 2.75) is 0 Å². The summed E-state index contributed by atoms with van der Waals surface area (Å²) in [5.41, 5.74) is 0. The first-order valence-electron chi connectivity index (χ1n) is 3.43. The van der Waals surface area contributed by atoms with Crippen molar-refractivity contribution in [2.75, 3.05) is 0 Å². The molecular formula is C9H8INS. The van der Waals surface area contributed by atoms with Crippen LogP contribution < -0.4 is 0 Å². The number of thiophene rings is 1. The molecular weight excluding hydrogens is 281 g/mol. The van der Waals surface area contributed by atoms with E-state index >= 15 is 0 Å². The van der Waals surface area contributed by atoms with Crippen LogP contribution in [0, 0.1) is 2.88 Å². The molecule has 0 fully saturated rings. The summed E-state index contributed by atoms with van der Waals surface area (Å²) < 4.78 is 1.35. The van der Waals surface area contributed by atoms with Crippen molar-refractivity contribution >= 4 is 33.9 Å². The van der Waals surface area contributed by atoms with Gasteiger partial charge in [-0.15, -0.1) is 11.3 Å². The first kappa shape index (κ1) is 9.67. The molecule has 3 heteroatoms. The Morgan fingerprint density at radius 3 is 2.00 bits per heavy atom. The molecule has 0 radical (unpaired) electrons. The average Bonchev–Trinajstić information content (AvgIpc) is 2.60. The number of halogens is 1. The Morgan fingerprint density at radius 2 is 1.83 bits per heavy atom. The Kier molecular flexibility index (Phi) is 4.94. The molecule has 0 atom stereocenters. The zero-order chi connectivity index (χ0) is 8.65. The van der Waals surface area contributed by atoms with Crippen molar-refractivity contribution in [3.63, 3.8) is 0 Å². The molecule has 62 valence electrons. The van der Waals surface area contributed by atoms with Crippen LogP contribution in [0.3, 0.4) is 0 Å². The maximum absolute atomic E-state index is 3.78. The van der Waals surface area contributed by atoms with E-state index in [1.807, 2.05) is 24.3 Å². The van der Waals surface area contributed by atoms with Gasteiger partial charge < -0.3 is 0 Å². The summed E-state index contributed by atoms with van der Waals surface area (Å²) in [5, 5.41) is 2.07. The van der Waals surface area contributed by atoms with Gasteiger partial charge in [0.2, 0.25) is 0 Å². The molecule has 0 aromatic carbocycles. The Morgan fingerprint density at radius 1 is 1.08 bits per heavy atom. The van der Waals surface area contributed by atoms with Gasteiger partial charge >= 0.3 is 0 Å². The van der Waals surface area contributed by atoms with Crippen molar-refractivity contribution in [3.8, 4) is 0 Å². The van der Waals surface area contributed by atoms with Crippen LogP contribution in [0.25, 0.3) is 0 Å². The fraction of sp³-hybridized carbons (Fsp3) is 0. The van der Waals surface area contributed by atoms with Gasteiger partial charge in [-0.1, -0.05) is 12.1 Å². The number of aromatic nitrogens is 1. The normalized spacial score (nSPS) is 8.42. The van der Waals surface area contributed by atoms with Gasteiger partial charge in [0.1, 0.15) is 0 Å². The smallest absolute Gasteiger partial charge is 0.0653 e. The minimum absolute atomic E-state index is 1.35. The fourth-order valence-electron chi connectivity index (χ4n) is 0.571. The number of hydrogen-bond acceptors (Lipinski definition) is 2. The molecule has 0 spiro atoms. The summed E-state index contributed by atoms with van der Waals surface area (Å²) in [4.78, 5) is 3.78. The van der Waals surface area contributed by atoms with E-state index in [1.54, 1.807) is 23.7 Å². The second kappa shape index (κ2) is 6.14. The van der Waals surface area contributed by atoms with Gasteiger partial charge in [0.25, 0.3) is 0 Å². The van der Waals surface area contributed by atoms with Crippen LogP contribution in [0.4, 0.5) is 0 Å². The first-order chi connectivity index (χ1) is 5.89. The molecule has 0 amide bonds. The van der Waals surface area contributed by atoms with Gasteiger partial charge in [0.15, 0.2) is 0 Å². The third kappa shape index (κ3) is 4.46. The highest BCUT2D eigenvalue weighted by Gasteiger charge is 1.77. The SMILES string of the molecule is Ic1cccs1.c1ccncc1. The lowest BCUT2D eigenvalue weighted by molar-refractivity contribution is 1.33. The molecule has 0 aliphatic carbocycles. The van der Waals surface area contributed by atoms with E-state index in [9.17, 15) is 0 Å². The maximum atomic E-state index is 3.78. The topological polar surface area (TPSA) is 12.9 Å². The highest BCUT2D eigenvalue weighted by molar-refractivity contribution is 14.1. The average molecular weight is 289 g/mol. The summed E-state index contributed by atoms with van der Waals surface area (Å²) in [6, 6.07) is 9.85. The molecule has 0 saturated heterocycles. The van der Waals surface area contributed by atoms with Crippen LogP contribution in [0.5, 0.6) is 0 Å². The highest BCUT2D eigenvalue weighted by atomic mass is 127. The van der Waals surface area contributed by atoms with Crippen LogP contribution in [-0.2, 0) is 0 Å². The predicted octanol–water partition coefficient (Wildman–Crippen LogP) is 3.43. The van der Waals surface area contributed by atoms with E-state index in [2.05, 4.69) is 39.0 Å². The highest BCUT2D eigenvalue weighted by Crippen LogP contribution is 2.09. The zero-order valence-corrected chi connectivity index (χ0v) is 9.33. The van der Waals surface area contributed by atoms with Gasteiger partial charge in [-0.25, -0.2) is 0 Å². The van der Waals surface area contributed by atoms with E-state index in [-0.39, 0.29) is 0 Å². The third-order valence-electron chi connectivity index (χ3n) is 1.05. The summed E-state index contributed by atoms with van der Waals surface area (Å²) in [6.07, 6.45) is 3.50. The Balaban J connectivity index is 0.000000120. The lowest BCUT2D eigenvalue weighted by atomic mass is 10.5. The maximum Gasteiger partial charge on any atom is 0.0653 e. The largest absolute Gasteiger partial charge is 0.265 e. The quantitative estimate of drug-likeness (QED) is 0.677. The fourth-order valence-corrected chi connectivity index (χ4v) is 1.66. The second-order valence-electron chi connectivity index (χ2n) is 1.94. The molecule has 2 aromatic heterocycles. The van der Waals surface area contributed by atoms with Crippen molar-refractivity contribution in [2.24, 2.45) is 0 Å². The minimum Gasteiger partial charge on any atom is -0.265 e. The lowest BCUT2D eigenvalue weighted by Gasteiger charge is -1.70. The van der Waals surface area contributed by atoms with Gasteiger partial charge in [-0.2, -0.15) is 0 Å². The van der Waals surface area contributed by atoms with Crippen LogP contribution in [-0.4, -0.2) is 4.98 Å². The molecule has 2 aromatic rings. The monoisotopic (exact) mass is 289 g/mol. The number of nitrogens with zero attached hydrogens (tertiary/aromatic N) is 1. The summed E-state index contributed by atoms with van der Waals surface area (Å²) in [5.74, 6) is 0. The molecule has 0 N–H and O–H groups in total. The third-order valence-corrected chi connectivity index (χ3v) is 2.83. The Labute approximate surface area is 89.6 Å². The molecule has 1 nitrogen and oxygen atoms in total. The molecule has 0 unspecified atom stereocenters. The van der Waals surface area contributed by atoms with Gasteiger partial charge in [-0.3, -0.25) is 4.98 Å². The summed E-state index contributed by atoms with van der Waals surface area (Å²) in [6.45, 7) is 0. The van der Waals surface area contributed by atoms with E-state index in [0.29, 0.717) is 0 Å². The number of hydrogen-bond donors (Lipinski definition) is 0. The van der Waals surface area contributed by atoms with E-state index < -0.39 is 0 Å². The number of rotatable bonds is 0. The van der Waals surface area contributed by atoms with Crippen molar-refractivity contribution < 1.29 is 0 Å². The van der Waals surface area contributed by atoms with Crippen molar-refractivity contribution in [3.05, 3.63) is 51.0 Å². The predicted molar refractivity (Wildman–Crippen MR) is 61.3 cm³/mol. The Hall–Kier alpha value is -0.420. The van der Waals surface area contributed by atoms with E-state index in [4.69, 9.17) is 0 Å². The van der Waals surface area contributed by atoms with Crippen LogP contribution >= 0.6 is 33.9 Å². The summed E-state index contributed by atoms with van der Waals surface area (Å²) in [7, 11) is 0. The Bertz CT molecular complexity index is 254. The van der Waals surface area contributed by atoms with Crippen LogP contribution in [0.15, 0.2) is 48.1 Å². The van der Waals surface area contributed by atoms with Gasteiger partial charge in [0.05, 0.1) is 2.88 Å². The van der Waals surface area contributed by atoms with Gasteiger partial charge in [0, 0.05) is 12.4 Å². The molecule has 0 aliphatic heterocycles. The number of pyridine rings is 1. The summed E-state index contributed by atoms with van der Waals surface area (Å²) >= 11 is 4.06. The lowest BCUT2D eigenvalue weighted by Crippen LogP contribution is -1.58. The van der Waals surface area contributed by atoms with Crippen LogP contribution in [0.1, 0.15) is 0 Å². The van der Waals surface area contributed by atoms with Crippen molar-refractivity contribution in [1.82, 2.24) is 4.98 Å². The minimum atomic E-state index is 1.35. The molecule has 0 bridgehead atoms. The molecule has 12 heavy (non-hydrogen) atoms.